The summed E-state index contributed by atoms with van der Waals surface area (Å²) in [7, 11) is 1.59. The Hall–Kier alpha value is -2.44. The molecular weight excluding hydrogens is 310 g/mol. The fourth-order valence-electron chi connectivity index (χ4n) is 2.77. The van der Waals surface area contributed by atoms with Gasteiger partial charge in [-0.05, 0) is 31.4 Å². The van der Waals surface area contributed by atoms with Crippen LogP contribution in [0.5, 0.6) is 0 Å². The van der Waals surface area contributed by atoms with E-state index in [1.165, 1.54) is 4.90 Å². The summed E-state index contributed by atoms with van der Waals surface area (Å²) >= 11 is 0. The van der Waals surface area contributed by atoms with Crippen LogP contribution in [0.2, 0.25) is 0 Å². The van der Waals surface area contributed by atoms with E-state index in [9.17, 15) is 14.4 Å². The Labute approximate surface area is 141 Å². The summed E-state index contributed by atoms with van der Waals surface area (Å²) in [6, 6.07) is 5.55. The standard InChI is InChI=1S/C17H23N3O4/c1-19(15(21)8-7-14-6-2-3-9-18-14)12-16(22)20-10-4-5-13(11-20)17(23)24/h2-3,6,9,13H,4-5,7-8,10-12H2,1H3,(H,23,24). The van der Waals surface area contributed by atoms with Gasteiger partial charge >= 0.3 is 5.97 Å². The lowest BCUT2D eigenvalue weighted by Crippen LogP contribution is -2.46. The molecule has 7 nitrogen and oxygen atoms in total. The SMILES string of the molecule is CN(CC(=O)N1CCCC(C(=O)O)C1)C(=O)CCc1ccccn1. The van der Waals surface area contributed by atoms with Crippen molar-refractivity contribution in [2.45, 2.75) is 25.7 Å². The molecular formula is C17H23N3O4. The van der Waals surface area contributed by atoms with Crippen molar-refractivity contribution in [2.75, 3.05) is 26.7 Å². The van der Waals surface area contributed by atoms with Gasteiger partial charge in [-0.25, -0.2) is 0 Å². The molecule has 0 radical (unpaired) electrons. The van der Waals surface area contributed by atoms with Gasteiger partial charge in [0.15, 0.2) is 0 Å². The maximum absolute atomic E-state index is 12.3. The molecule has 2 heterocycles. The van der Waals surface area contributed by atoms with Gasteiger partial charge in [-0.2, -0.15) is 0 Å². The zero-order valence-electron chi connectivity index (χ0n) is 13.9. The normalized spacial score (nSPS) is 17.4. The predicted octanol–water partition coefficient (Wildman–Crippen LogP) is 0.796. The van der Waals surface area contributed by atoms with Gasteiger partial charge in [0.2, 0.25) is 11.8 Å². The molecule has 2 amide bonds. The van der Waals surface area contributed by atoms with E-state index in [1.807, 2.05) is 18.2 Å². The van der Waals surface area contributed by atoms with Crippen LogP contribution in [0.3, 0.4) is 0 Å². The molecule has 130 valence electrons. The molecule has 0 aromatic carbocycles. The fourth-order valence-corrected chi connectivity index (χ4v) is 2.77. The Kier molecular flexibility index (Phi) is 6.28. The van der Waals surface area contributed by atoms with Crippen molar-refractivity contribution in [3.05, 3.63) is 30.1 Å². The number of rotatable bonds is 6. The molecule has 1 aromatic heterocycles. The van der Waals surface area contributed by atoms with E-state index < -0.39 is 11.9 Å². The maximum atomic E-state index is 12.3. The number of carboxylic acids is 1. The van der Waals surface area contributed by atoms with Crippen LogP contribution in [0.4, 0.5) is 0 Å². The van der Waals surface area contributed by atoms with E-state index in [1.54, 1.807) is 18.1 Å². The van der Waals surface area contributed by atoms with Crippen LogP contribution >= 0.6 is 0 Å². The summed E-state index contributed by atoms with van der Waals surface area (Å²) in [5.41, 5.74) is 0.839. The first-order valence-corrected chi connectivity index (χ1v) is 8.12. The summed E-state index contributed by atoms with van der Waals surface area (Å²) in [4.78, 5) is 42.6. The topological polar surface area (TPSA) is 90.8 Å². The number of aromatic nitrogens is 1. The van der Waals surface area contributed by atoms with Gasteiger partial charge in [0.25, 0.3) is 0 Å². The number of nitrogens with zero attached hydrogens (tertiary/aromatic N) is 3. The average molecular weight is 333 g/mol. The molecule has 1 saturated heterocycles. The molecule has 24 heavy (non-hydrogen) atoms. The molecule has 1 aliphatic heterocycles. The summed E-state index contributed by atoms with van der Waals surface area (Å²) in [5, 5.41) is 9.08. The lowest BCUT2D eigenvalue weighted by Gasteiger charge is -2.32. The van der Waals surface area contributed by atoms with E-state index in [0.717, 1.165) is 5.69 Å². The Morgan fingerprint density at radius 3 is 2.83 bits per heavy atom. The summed E-state index contributed by atoms with van der Waals surface area (Å²) < 4.78 is 0. The van der Waals surface area contributed by atoms with Crippen LogP contribution in [0, 0.1) is 5.92 Å². The van der Waals surface area contributed by atoms with Gasteiger partial charge in [-0.3, -0.25) is 19.4 Å². The molecule has 0 spiro atoms. The first kappa shape index (κ1) is 17.9. The second-order valence-corrected chi connectivity index (χ2v) is 6.09. The highest BCUT2D eigenvalue weighted by Crippen LogP contribution is 2.16. The molecule has 1 atom stereocenters. The molecule has 1 aliphatic rings. The highest BCUT2D eigenvalue weighted by molar-refractivity contribution is 5.85. The number of aryl methyl sites for hydroxylation is 1. The number of likely N-dealkylation sites (tertiary alicyclic amines) is 1. The van der Waals surface area contributed by atoms with Crippen molar-refractivity contribution >= 4 is 17.8 Å². The van der Waals surface area contributed by atoms with Crippen molar-refractivity contribution in [1.29, 1.82) is 0 Å². The first-order valence-electron chi connectivity index (χ1n) is 8.12. The number of amides is 2. The van der Waals surface area contributed by atoms with Gasteiger partial charge in [0.05, 0.1) is 12.5 Å². The number of pyridine rings is 1. The minimum Gasteiger partial charge on any atom is -0.481 e. The smallest absolute Gasteiger partial charge is 0.308 e. The molecule has 1 aromatic rings. The van der Waals surface area contributed by atoms with Crippen molar-refractivity contribution < 1.29 is 19.5 Å². The number of piperidine rings is 1. The van der Waals surface area contributed by atoms with Gasteiger partial charge < -0.3 is 14.9 Å². The van der Waals surface area contributed by atoms with Crippen LogP contribution in [0.25, 0.3) is 0 Å². The minimum absolute atomic E-state index is 0.0204. The van der Waals surface area contributed by atoms with E-state index >= 15 is 0 Å². The van der Waals surface area contributed by atoms with Crippen LogP contribution in [0.15, 0.2) is 24.4 Å². The van der Waals surface area contributed by atoms with E-state index in [4.69, 9.17) is 5.11 Å². The third kappa shape index (κ3) is 5.04. The van der Waals surface area contributed by atoms with Crippen LogP contribution in [-0.4, -0.2) is 64.4 Å². The highest BCUT2D eigenvalue weighted by Gasteiger charge is 2.28. The first-order chi connectivity index (χ1) is 11.5. The zero-order chi connectivity index (χ0) is 17.5. The Morgan fingerprint density at radius 2 is 2.17 bits per heavy atom. The summed E-state index contributed by atoms with van der Waals surface area (Å²) in [6.07, 6.45) is 3.78. The van der Waals surface area contributed by atoms with Crippen LogP contribution < -0.4 is 0 Å². The second-order valence-electron chi connectivity index (χ2n) is 6.09. The average Bonchev–Trinajstić information content (AvgIpc) is 2.60. The van der Waals surface area contributed by atoms with Crippen LogP contribution in [0.1, 0.15) is 25.0 Å². The summed E-state index contributed by atoms with van der Waals surface area (Å²) in [6.45, 7) is 0.760. The van der Waals surface area contributed by atoms with E-state index in [2.05, 4.69) is 4.98 Å². The Balaban J connectivity index is 1.80. The molecule has 2 rings (SSSR count). The Bertz CT molecular complexity index is 591. The largest absolute Gasteiger partial charge is 0.481 e. The summed E-state index contributed by atoms with van der Waals surface area (Å²) in [5.74, 6) is -1.70. The predicted molar refractivity (Wildman–Crippen MR) is 87.1 cm³/mol. The number of hydrogen-bond donors (Lipinski definition) is 1. The molecule has 1 fully saturated rings. The number of carbonyl (C=O) groups is 3. The van der Waals surface area contributed by atoms with E-state index in [0.29, 0.717) is 32.2 Å². The third-order valence-corrected chi connectivity index (χ3v) is 4.24. The van der Waals surface area contributed by atoms with Crippen molar-refractivity contribution in [1.82, 2.24) is 14.8 Å². The lowest BCUT2D eigenvalue weighted by atomic mass is 9.98. The zero-order valence-corrected chi connectivity index (χ0v) is 13.9. The lowest BCUT2D eigenvalue weighted by molar-refractivity contribution is -0.147. The molecule has 0 bridgehead atoms. The van der Waals surface area contributed by atoms with Gasteiger partial charge in [-0.1, -0.05) is 6.07 Å². The Morgan fingerprint density at radius 1 is 1.38 bits per heavy atom. The number of hydrogen-bond acceptors (Lipinski definition) is 4. The van der Waals surface area contributed by atoms with Crippen molar-refractivity contribution in [3.63, 3.8) is 0 Å². The van der Waals surface area contributed by atoms with Crippen molar-refractivity contribution in [2.24, 2.45) is 5.92 Å². The highest BCUT2D eigenvalue weighted by atomic mass is 16.4. The molecule has 1 N–H and O–H groups in total. The third-order valence-electron chi connectivity index (χ3n) is 4.24. The number of carbonyl (C=O) groups excluding carboxylic acids is 2. The maximum Gasteiger partial charge on any atom is 0.308 e. The number of carboxylic acid groups (broad SMARTS) is 1. The van der Waals surface area contributed by atoms with Gasteiger partial charge in [-0.15, -0.1) is 0 Å². The minimum atomic E-state index is -0.868. The van der Waals surface area contributed by atoms with Crippen molar-refractivity contribution in [3.8, 4) is 0 Å². The van der Waals surface area contributed by atoms with Gasteiger partial charge in [0, 0.05) is 38.4 Å². The number of likely N-dealkylation sites (N-methyl/N-ethyl adjacent to an activating group) is 1. The van der Waals surface area contributed by atoms with Gasteiger partial charge in [0.1, 0.15) is 0 Å². The molecule has 0 aliphatic carbocycles. The number of aliphatic carboxylic acids is 1. The quantitative estimate of drug-likeness (QED) is 0.831. The monoisotopic (exact) mass is 333 g/mol. The fraction of sp³-hybridized carbons (Fsp3) is 0.529. The molecule has 7 heteroatoms. The van der Waals surface area contributed by atoms with Crippen LogP contribution in [-0.2, 0) is 20.8 Å². The van der Waals surface area contributed by atoms with E-state index in [-0.39, 0.29) is 24.9 Å². The molecule has 0 saturated carbocycles. The second kappa shape index (κ2) is 8.42. The molecule has 1 unspecified atom stereocenters.